The molecule has 4 rings (SSSR count). The smallest absolute Gasteiger partial charge is 0.266 e. The van der Waals surface area contributed by atoms with Gasteiger partial charge in [-0.3, -0.25) is 14.2 Å². The summed E-state index contributed by atoms with van der Waals surface area (Å²) in [5.74, 6) is 0.0289. The number of thioether (sulfide) groups is 1. The molecular weight excluding hydrogens is 428 g/mol. The van der Waals surface area contributed by atoms with E-state index < -0.39 is 0 Å². The molecule has 0 saturated heterocycles. The zero-order valence-corrected chi connectivity index (χ0v) is 18.1. The van der Waals surface area contributed by atoms with Gasteiger partial charge in [-0.25, -0.2) is 4.98 Å². The van der Waals surface area contributed by atoms with Crippen molar-refractivity contribution in [3.05, 3.63) is 86.8 Å². The molecule has 0 bridgehead atoms. The third kappa shape index (κ3) is 4.85. The van der Waals surface area contributed by atoms with Crippen LogP contribution in [0, 0.1) is 11.3 Å². The van der Waals surface area contributed by atoms with Crippen molar-refractivity contribution in [3.8, 4) is 11.8 Å². The Labute approximate surface area is 187 Å². The minimum atomic E-state index is -0.212. The number of nitriles is 1. The zero-order chi connectivity index (χ0) is 21.6. The SMILES string of the molecule is N#Cc1ccc(-n2c(SCC(=O)NCCc3cccs3)nc3ccccc3c2=O)cc1. The van der Waals surface area contributed by atoms with E-state index in [4.69, 9.17) is 5.26 Å². The Balaban J connectivity index is 1.57. The number of thiophene rings is 1. The Bertz CT molecular complexity index is 1310. The van der Waals surface area contributed by atoms with E-state index in [-0.39, 0.29) is 17.2 Å². The van der Waals surface area contributed by atoms with Crippen LogP contribution in [0.15, 0.2) is 76.0 Å². The maximum Gasteiger partial charge on any atom is 0.266 e. The van der Waals surface area contributed by atoms with Gasteiger partial charge in [-0.1, -0.05) is 30.0 Å². The standard InChI is InChI=1S/C23H18N4O2S2/c24-14-16-7-9-17(10-8-16)27-22(29)19-5-1-2-6-20(19)26-23(27)31-15-21(28)25-12-11-18-4-3-13-30-18/h1-10,13H,11-12,15H2,(H,25,28). The van der Waals surface area contributed by atoms with E-state index >= 15 is 0 Å². The maximum absolute atomic E-state index is 13.2. The summed E-state index contributed by atoms with van der Waals surface area (Å²) < 4.78 is 1.49. The van der Waals surface area contributed by atoms with Crippen LogP contribution in [0.3, 0.4) is 0 Å². The minimum absolute atomic E-state index is 0.115. The molecule has 6 nitrogen and oxygen atoms in total. The second-order valence-electron chi connectivity index (χ2n) is 6.68. The molecule has 0 atom stereocenters. The highest BCUT2D eigenvalue weighted by Crippen LogP contribution is 2.21. The third-order valence-electron chi connectivity index (χ3n) is 4.61. The lowest BCUT2D eigenvalue weighted by atomic mass is 10.2. The predicted octanol–water partition coefficient (Wildman–Crippen LogP) is 3.77. The van der Waals surface area contributed by atoms with E-state index in [0.717, 1.165) is 6.42 Å². The summed E-state index contributed by atoms with van der Waals surface area (Å²) in [6.45, 7) is 0.563. The number of nitrogens with zero attached hydrogens (tertiary/aromatic N) is 3. The van der Waals surface area contributed by atoms with Gasteiger partial charge in [0, 0.05) is 11.4 Å². The quantitative estimate of drug-likeness (QED) is 0.345. The van der Waals surface area contributed by atoms with Gasteiger partial charge in [0.1, 0.15) is 0 Å². The van der Waals surface area contributed by atoms with Gasteiger partial charge in [-0.05, 0) is 54.3 Å². The molecule has 0 aliphatic heterocycles. The lowest BCUT2D eigenvalue weighted by Gasteiger charge is -2.13. The van der Waals surface area contributed by atoms with Gasteiger partial charge < -0.3 is 5.32 Å². The first-order valence-corrected chi connectivity index (χ1v) is 11.5. The van der Waals surface area contributed by atoms with Crippen LogP contribution in [0.25, 0.3) is 16.6 Å². The van der Waals surface area contributed by atoms with Crippen molar-refractivity contribution in [2.24, 2.45) is 0 Å². The summed E-state index contributed by atoms with van der Waals surface area (Å²) >= 11 is 2.88. The number of carbonyl (C=O) groups excluding carboxylic acids is 1. The molecule has 0 saturated carbocycles. The van der Waals surface area contributed by atoms with E-state index in [2.05, 4.69) is 16.4 Å². The van der Waals surface area contributed by atoms with Crippen LogP contribution in [-0.2, 0) is 11.2 Å². The fraction of sp³-hybridized carbons (Fsp3) is 0.130. The number of para-hydroxylation sites is 1. The molecule has 1 amide bonds. The molecule has 2 heterocycles. The van der Waals surface area contributed by atoms with Gasteiger partial charge in [-0.2, -0.15) is 5.26 Å². The number of rotatable bonds is 7. The molecule has 0 aliphatic carbocycles. The molecule has 154 valence electrons. The fourth-order valence-electron chi connectivity index (χ4n) is 3.08. The Kier molecular flexibility index (Phi) is 6.46. The van der Waals surface area contributed by atoms with E-state index in [0.29, 0.717) is 33.9 Å². The number of fused-ring (bicyclic) bond motifs is 1. The Morgan fingerprint density at radius 2 is 1.94 bits per heavy atom. The largest absolute Gasteiger partial charge is 0.355 e. The minimum Gasteiger partial charge on any atom is -0.355 e. The summed E-state index contributed by atoms with van der Waals surface area (Å²) in [6, 6.07) is 20.0. The van der Waals surface area contributed by atoms with Gasteiger partial charge in [-0.15, -0.1) is 11.3 Å². The molecule has 31 heavy (non-hydrogen) atoms. The normalized spacial score (nSPS) is 10.7. The number of hydrogen-bond donors (Lipinski definition) is 1. The van der Waals surface area contributed by atoms with Crippen LogP contribution >= 0.6 is 23.1 Å². The molecule has 2 aromatic heterocycles. The predicted molar refractivity (Wildman–Crippen MR) is 124 cm³/mol. The molecule has 2 aromatic carbocycles. The number of nitrogens with one attached hydrogen (secondary N) is 1. The average Bonchev–Trinajstić information content (AvgIpc) is 3.31. The van der Waals surface area contributed by atoms with Crippen LogP contribution in [0.1, 0.15) is 10.4 Å². The lowest BCUT2D eigenvalue weighted by molar-refractivity contribution is -0.118. The summed E-state index contributed by atoms with van der Waals surface area (Å²) in [5, 5.41) is 14.9. The number of aromatic nitrogens is 2. The molecule has 0 fully saturated rings. The highest BCUT2D eigenvalue weighted by molar-refractivity contribution is 7.99. The van der Waals surface area contributed by atoms with Gasteiger partial charge in [0.2, 0.25) is 5.91 Å². The van der Waals surface area contributed by atoms with E-state index in [1.165, 1.54) is 21.2 Å². The second kappa shape index (κ2) is 9.60. The van der Waals surface area contributed by atoms with Gasteiger partial charge in [0.25, 0.3) is 5.56 Å². The third-order valence-corrected chi connectivity index (χ3v) is 6.48. The van der Waals surface area contributed by atoms with E-state index in [1.807, 2.05) is 23.6 Å². The van der Waals surface area contributed by atoms with Crippen molar-refractivity contribution in [2.75, 3.05) is 12.3 Å². The number of hydrogen-bond acceptors (Lipinski definition) is 6. The van der Waals surface area contributed by atoms with Crippen molar-refractivity contribution in [3.63, 3.8) is 0 Å². The van der Waals surface area contributed by atoms with Crippen molar-refractivity contribution in [1.29, 1.82) is 5.26 Å². The number of amides is 1. The monoisotopic (exact) mass is 446 g/mol. The first kappa shape index (κ1) is 20.8. The Hall–Kier alpha value is -3.41. The van der Waals surface area contributed by atoms with Crippen molar-refractivity contribution in [1.82, 2.24) is 14.9 Å². The van der Waals surface area contributed by atoms with Crippen LogP contribution in [-0.4, -0.2) is 27.8 Å². The molecule has 0 aliphatic rings. The molecular formula is C23H18N4O2S2. The van der Waals surface area contributed by atoms with Gasteiger partial charge >= 0.3 is 0 Å². The topological polar surface area (TPSA) is 87.8 Å². The van der Waals surface area contributed by atoms with E-state index in [9.17, 15) is 9.59 Å². The van der Waals surface area contributed by atoms with Crippen molar-refractivity contribution >= 4 is 39.9 Å². The van der Waals surface area contributed by atoms with Crippen LogP contribution < -0.4 is 10.9 Å². The van der Waals surface area contributed by atoms with Crippen molar-refractivity contribution in [2.45, 2.75) is 11.6 Å². The lowest BCUT2D eigenvalue weighted by Crippen LogP contribution is -2.28. The average molecular weight is 447 g/mol. The Morgan fingerprint density at radius 3 is 2.68 bits per heavy atom. The van der Waals surface area contributed by atoms with Gasteiger partial charge in [0.15, 0.2) is 5.16 Å². The summed E-state index contributed by atoms with van der Waals surface area (Å²) in [6.07, 6.45) is 0.790. The maximum atomic E-state index is 13.2. The van der Waals surface area contributed by atoms with Crippen LogP contribution in [0.5, 0.6) is 0 Å². The highest BCUT2D eigenvalue weighted by atomic mass is 32.2. The molecule has 8 heteroatoms. The summed E-state index contributed by atoms with van der Waals surface area (Å²) in [7, 11) is 0. The summed E-state index contributed by atoms with van der Waals surface area (Å²) in [5.41, 5.74) is 1.47. The highest BCUT2D eigenvalue weighted by Gasteiger charge is 2.15. The van der Waals surface area contributed by atoms with Crippen molar-refractivity contribution < 1.29 is 4.79 Å². The molecule has 4 aromatic rings. The molecule has 0 radical (unpaired) electrons. The first-order chi connectivity index (χ1) is 15.2. The molecule has 1 N–H and O–H groups in total. The van der Waals surface area contributed by atoms with Gasteiger partial charge in [0.05, 0.1) is 34.0 Å². The molecule has 0 spiro atoms. The Morgan fingerprint density at radius 1 is 1.13 bits per heavy atom. The van der Waals surface area contributed by atoms with Crippen LogP contribution in [0.4, 0.5) is 0 Å². The van der Waals surface area contributed by atoms with E-state index in [1.54, 1.807) is 53.8 Å². The first-order valence-electron chi connectivity index (χ1n) is 9.60. The summed E-state index contributed by atoms with van der Waals surface area (Å²) in [4.78, 5) is 31.4. The number of carbonyl (C=O) groups is 1. The molecule has 0 unspecified atom stereocenters. The van der Waals surface area contributed by atoms with Crippen LogP contribution in [0.2, 0.25) is 0 Å². The number of benzene rings is 2. The zero-order valence-electron chi connectivity index (χ0n) is 16.4. The fourth-order valence-corrected chi connectivity index (χ4v) is 4.63. The second-order valence-corrected chi connectivity index (χ2v) is 8.65.